The van der Waals surface area contributed by atoms with E-state index in [-0.39, 0.29) is 0 Å². The molecule has 0 heterocycles. The van der Waals surface area contributed by atoms with Gasteiger partial charge in [-0.3, -0.25) is 5.32 Å². The quantitative estimate of drug-likeness (QED) is 0.299. The highest BCUT2D eigenvalue weighted by atomic mass is 16.6. The molecule has 0 radical (unpaired) electrons. The lowest BCUT2D eigenvalue weighted by Gasteiger charge is -2.26. The Labute approximate surface area is 79.5 Å². The Morgan fingerprint density at radius 2 is 2.38 bits per heavy atom. The van der Waals surface area contributed by atoms with Gasteiger partial charge in [0, 0.05) is 11.8 Å². The normalized spacial score (nSPS) is 25.8. The topological polar surface area (TPSA) is 57.5 Å². The van der Waals surface area contributed by atoms with Gasteiger partial charge in [0.2, 0.25) is 0 Å². The van der Waals surface area contributed by atoms with Crippen molar-refractivity contribution in [2.24, 2.45) is 16.6 Å². The van der Waals surface area contributed by atoms with E-state index >= 15 is 0 Å². The van der Waals surface area contributed by atoms with Crippen molar-refractivity contribution >= 4 is 0 Å². The maximum atomic E-state index is 6.43. The Morgan fingerprint density at radius 1 is 1.62 bits per heavy atom. The summed E-state index contributed by atoms with van der Waals surface area (Å²) in [6, 6.07) is 0. The predicted molar refractivity (Wildman–Crippen MR) is 50.2 cm³/mol. The zero-order chi connectivity index (χ0) is 9.73. The number of rotatable bonds is 5. The van der Waals surface area contributed by atoms with Crippen molar-refractivity contribution in [2.75, 3.05) is 13.3 Å². The van der Waals surface area contributed by atoms with E-state index in [1.165, 1.54) is 19.3 Å². The molecule has 0 aromatic rings. The molecule has 1 fully saturated rings. The van der Waals surface area contributed by atoms with Crippen LogP contribution in [-0.2, 0) is 4.84 Å². The summed E-state index contributed by atoms with van der Waals surface area (Å²) >= 11 is 0. The maximum absolute atomic E-state index is 6.43. The van der Waals surface area contributed by atoms with Crippen molar-refractivity contribution in [1.82, 2.24) is 5.32 Å². The zero-order valence-electron chi connectivity index (χ0n) is 8.47. The standard InChI is InChI=1S/C9H19N3O/c1-9(2)5-3-4-8(9)6-11-7-13-12-10/h8,10-11H,3-7H2,1-2H3. The summed E-state index contributed by atoms with van der Waals surface area (Å²) in [4.78, 5) is 4.54. The summed E-state index contributed by atoms with van der Waals surface area (Å²) in [7, 11) is 0. The molecule has 2 N–H and O–H groups in total. The van der Waals surface area contributed by atoms with E-state index in [2.05, 4.69) is 29.3 Å². The second-order valence-corrected chi connectivity index (χ2v) is 4.40. The van der Waals surface area contributed by atoms with Crippen molar-refractivity contribution in [1.29, 1.82) is 5.53 Å². The van der Waals surface area contributed by atoms with Gasteiger partial charge in [-0.2, -0.15) is 5.53 Å². The summed E-state index contributed by atoms with van der Waals surface area (Å²) in [5.74, 6) is 0.738. The Kier molecular flexibility index (Phi) is 3.66. The fourth-order valence-corrected chi connectivity index (χ4v) is 2.09. The van der Waals surface area contributed by atoms with E-state index in [0.29, 0.717) is 12.1 Å². The van der Waals surface area contributed by atoms with Gasteiger partial charge in [0.1, 0.15) is 0 Å². The van der Waals surface area contributed by atoms with Gasteiger partial charge in [0.15, 0.2) is 6.73 Å². The summed E-state index contributed by atoms with van der Waals surface area (Å²) in [5, 5.41) is 5.97. The molecule has 0 bridgehead atoms. The van der Waals surface area contributed by atoms with E-state index in [4.69, 9.17) is 5.53 Å². The first-order chi connectivity index (χ1) is 6.17. The Hall–Kier alpha value is -0.640. The molecule has 1 unspecified atom stereocenters. The van der Waals surface area contributed by atoms with Crippen LogP contribution < -0.4 is 5.32 Å². The first-order valence-corrected chi connectivity index (χ1v) is 4.86. The van der Waals surface area contributed by atoms with Crippen LogP contribution in [0.4, 0.5) is 0 Å². The zero-order valence-corrected chi connectivity index (χ0v) is 8.47. The SMILES string of the molecule is CC1(C)CCCC1CNCON=N. The molecule has 76 valence electrons. The molecule has 0 spiro atoms. The van der Waals surface area contributed by atoms with Crippen LogP contribution in [0, 0.1) is 16.9 Å². The van der Waals surface area contributed by atoms with Gasteiger partial charge in [0.25, 0.3) is 0 Å². The van der Waals surface area contributed by atoms with E-state index in [9.17, 15) is 0 Å². The van der Waals surface area contributed by atoms with Crippen LogP contribution in [0.1, 0.15) is 33.1 Å². The number of nitrogens with one attached hydrogen (secondary N) is 2. The summed E-state index contributed by atoms with van der Waals surface area (Å²) in [5.41, 5.74) is 6.89. The van der Waals surface area contributed by atoms with Crippen LogP contribution in [-0.4, -0.2) is 13.3 Å². The molecule has 4 heteroatoms. The lowest BCUT2D eigenvalue weighted by atomic mass is 9.82. The molecule has 0 aromatic carbocycles. The third-order valence-electron chi connectivity index (χ3n) is 3.10. The highest BCUT2D eigenvalue weighted by Crippen LogP contribution is 2.41. The average Bonchev–Trinajstić information content (AvgIpc) is 2.40. The highest BCUT2D eigenvalue weighted by Gasteiger charge is 2.33. The second-order valence-electron chi connectivity index (χ2n) is 4.40. The molecule has 0 aromatic heterocycles. The average molecular weight is 185 g/mol. The van der Waals surface area contributed by atoms with Gasteiger partial charge in [-0.1, -0.05) is 20.3 Å². The van der Waals surface area contributed by atoms with Gasteiger partial charge in [-0.15, -0.1) is 0 Å². The Balaban J connectivity index is 2.17. The minimum absolute atomic E-state index is 0.357. The molecule has 4 nitrogen and oxygen atoms in total. The number of nitrogens with zero attached hydrogens (tertiary/aromatic N) is 1. The predicted octanol–water partition coefficient (Wildman–Crippen LogP) is 2.32. The monoisotopic (exact) mass is 185 g/mol. The summed E-state index contributed by atoms with van der Waals surface area (Å²) in [6.45, 7) is 5.97. The third kappa shape index (κ3) is 2.95. The van der Waals surface area contributed by atoms with Crippen LogP contribution in [0.5, 0.6) is 0 Å². The number of hydrogen-bond acceptors (Lipinski definition) is 4. The molecule has 0 amide bonds. The fourth-order valence-electron chi connectivity index (χ4n) is 2.09. The van der Waals surface area contributed by atoms with Crippen LogP contribution in [0.15, 0.2) is 5.28 Å². The van der Waals surface area contributed by atoms with Gasteiger partial charge < -0.3 is 4.84 Å². The van der Waals surface area contributed by atoms with E-state index in [1.807, 2.05) is 0 Å². The van der Waals surface area contributed by atoms with Crippen molar-refractivity contribution in [3.05, 3.63) is 0 Å². The highest BCUT2D eigenvalue weighted by molar-refractivity contribution is 4.85. The molecule has 0 saturated heterocycles. The van der Waals surface area contributed by atoms with E-state index in [1.54, 1.807) is 0 Å². The van der Waals surface area contributed by atoms with Crippen LogP contribution in [0.3, 0.4) is 0 Å². The number of hydrogen-bond donors (Lipinski definition) is 2. The van der Waals surface area contributed by atoms with Gasteiger partial charge in [0.05, 0.1) is 0 Å². The maximum Gasteiger partial charge on any atom is 0.170 e. The Bertz CT molecular complexity index is 170. The van der Waals surface area contributed by atoms with Gasteiger partial charge in [-0.05, 0) is 24.2 Å². The molecule has 0 aliphatic heterocycles. The first kappa shape index (κ1) is 10.4. The summed E-state index contributed by atoms with van der Waals surface area (Å²) in [6.07, 6.45) is 3.96. The molecule has 1 aliphatic rings. The Morgan fingerprint density at radius 3 is 2.92 bits per heavy atom. The molecule has 1 saturated carbocycles. The molecular weight excluding hydrogens is 166 g/mol. The molecule has 13 heavy (non-hydrogen) atoms. The van der Waals surface area contributed by atoms with Crippen LogP contribution in [0.2, 0.25) is 0 Å². The molecular formula is C9H19N3O. The van der Waals surface area contributed by atoms with Crippen LogP contribution >= 0.6 is 0 Å². The lowest BCUT2D eigenvalue weighted by molar-refractivity contribution is 0.0920. The lowest BCUT2D eigenvalue weighted by Crippen LogP contribution is -2.30. The second kappa shape index (κ2) is 4.56. The molecule has 1 rings (SSSR count). The molecule has 1 aliphatic carbocycles. The van der Waals surface area contributed by atoms with Crippen molar-refractivity contribution in [3.63, 3.8) is 0 Å². The van der Waals surface area contributed by atoms with E-state index in [0.717, 1.165) is 12.5 Å². The minimum atomic E-state index is 0.357. The minimum Gasteiger partial charge on any atom is -0.364 e. The third-order valence-corrected chi connectivity index (χ3v) is 3.10. The smallest absolute Gasteiger partial charge is 0.170 e. The largest absolute Gasteiger partial charge is 0.364 e. The van der Waals surface area contributed by atoms with Crippen LogP contribution in [0.25, 0.3) is 0 Å². The van der Waals surface area contributed by atoms with Crippen molar-refractivity contribution < 1.29 is 4.84 Å². The van der Waals surface area contributed by atoms with Crippen molar-refractivity contribution in [2.45, 2.75) is 33.1 Å². The van der Waals surface area contributed by atoms with E-state index < -0.39 is 0 Å². The van der Waals surface area contributed by atoms with Gasteiger partial charge in [-0.25, -0.2) is 0 Å². The fraction of sp³-hybridized carbons (Fsp3) is 1.00. The van der Waals surface area contributed by atoms with Crippen molar-refractivity contribution in [3.8, 4) is 0 Å². The van der Waals surface area contributed by atoms with Gasteiger partial charge >= 0.3 is 0 Å². The molecule has 1 atom stereocenters. The summed E-state index contributed by atoms with van der Waals surface area (Å²) < 4.78 is 0. The first-order valence-electron chi connectivity index (χ1n) is 4.86.